The number of rotatable bonds is 8. The third kappa shape index (κ3) is 7.26. The standard InChI is InChI=1S/C15H23N5S.HI/c1-2-17-15(19-8-6-14-5-3-12-21-14)18-7-4-10-20-11-9-16-13-20;/h3,5,9,11-13H,2,4,6-8,10H2,1H3,(H2,17,18,19);1H. The first kappa shape index (κ1) is 19.0. The summed E-state index contributed by atoms with van der Waals surface area (Å²) in [6.45, 7) is 5.65. The van der Waals surface area contributed by atoms with Gasteiger partial charge in [0.25, 0.3) is 0 Å². The van der Waals surface area contributed by atoms with Gasteiger partial charge in [-0.05, 0) is 31.2 Å². The fourth-order valence-electron chi connectivity index (χ4n) is 1.96. The number of nitrogens with zero attached hydrogens (tertiary/aromatic N) is 3. The maximum Gasteiger partial charge on any atom is 0.191 e. The molecule has 2 rings (SSSR count). The van der Waals surface area contributed by atoms with Crippen molar-refractivity contribution in [1.29, 1.82) is 0 Å². The van der Waals surface area contributed by atoms with Gasteiger partial charge in [0.1, 0.15) is 0 Å². The molecule has 0 spiro atoms. The van der Waals surface area contributed by atoms with Crippen molar-refractivity contribution in [1.82, 2.24) is 20.2 Å². The maximum atomic E-state index is 4.60. The summed E-state index contributed by atoms with van der Waals surface area (Å²) < 4.78 is 2.08. The van der Waals surface area contributed by atoms with E-state index in [-0.39, 0.29) is 24.0 Å². The molecule has 0 amide bonds. The first-order valence-corrected chi connectivity index (χ1v) is 8.26. The number of halogens is 1. The molecule has 7 heteroatoms. The Morgan fingerprint density at radius 2 is 2.32 bits per heavy atom. The van der Waals surface area contributed by atoms with Gasteiger partial charge in [0.05, 0.1) is 6.33 Å². The Balaban J connectivity index is 0.00000242. The molecule has 0 atom stereocenters. The molecule has 122 valence electrons. The number of thiophene rings is 1. The van der Waals surface area contributed by atoms with Crippen LogP contribution in [0.2, 0.25) is 0 Å². The second kappa shape index (κ2) is 11.5. The summed E-state index contributed by atoms with van der Waals surface area (Å²) in [5, 5.41) is 8.77. The maximum absolute atomic E-state index is 4.60. The number of hydrogen-bond acceptors (Lipinski definition) is 3. The normalized spacial score (nSPS) is 11.0. The minimum Gasteiger partial charge on any atom is -0.357 e. The minimum absolute atomic E-state index is 0. The van der Waals surface area contributed by atoms with Gasteiger partial charge in [-0.25, -0.2) is 4.98 Å². The molecule has 0 saturated carbocycles. The Morgan fingerprint density at radius 1 is 1.41 bits per heavy atom. The van der Waals surface area contributed by atoms with Crippen LogP contribution in [0.15, 0.2) is 41.2 Å². The smallest absolute Gasteiger partial charge is 0.191 e. The molecule has 0 aliphatic rings. The summed E-state index contributed by atoms with van der Waals surface area (Å²) >= 11 is 1.80. The third-order valence-corrected chi connectivity index (χ3v) is 3.93. The van der Waals surface area contributed by atoms with E-state index in [0.717, 1.165) is 45.0 Å². The van der Waals surface area contributed by atoms with Crippen LogP contribution in [0.1, 0.15) is 18.2 Å². The van der Waals surface area contributed by atoms with Gasteiger partial charge in [0.15, 0.2) is 5.96 Å². The molecule has 2 aromatic rings. The molecule has 0 fully saturated rings. The second-order valence-electron chi connectivity index (χ2n) is 4.67. The lowest BCUT2D eigenvalue weighted by Crippen LogP contribution is -2.38. The van der Waals surface area contributed by atoms with E-state index >= 15 is 0 Å². The first-order chi connectivity index (χ1) is 10.4. The van der Waals surface area contributed by atoms with Crippen LogP contribution in [-0.2, 0) is 13.0 Å². The lowest BCUT2D eigenvalue weighted by atomic mass is 10.3. The van der Waals surface area contributed by atoms with Gasteiger partial charge in [0.2, 0.25) is 0 Å². The SMILES string of the molecule is CCNC(=NCCCn1ccnc1)NCCc1cccs1.I. The summed E-state index contributed by atoms with van der Waals surface area (Å²) in [6.07, 6.45) is 7.68. The van der Waals surface area contributed by atoms with Crippen LogP contribution in [0.4, 0.5) is 0 Å². The van der Waals surface area contributed by atoms with Gasteiger partial charge in [0, 0.05) is 43.4 Å². The Bertz CT molecular complexity index is 510. The quantitative estimate of drug-likeness (QED) is 0.291. The van der Waals surface area contributed by atoms with Gasteiger partial charge < -0.3 is 15.2 Å². The molecule has 0 saturated heterocycles. The zero-order valence-electron chi connectivity index (χ0n) is 12.9. The molecule has 2 heterocycles. The average Bonchev–Trinajstić information content (AvgIpc) is 3.17. The van der Waals surface area contributed by atoms with E-state index in [1.165, 1.54) is 4.88 Å². The fourth-order valence-corrected chi connectivity index (χ4v) is 2.67. The van der Waals surface area contributed by atoms with E-state index in [1.54, 1.807) is 17.5 Å². The highest BCUT2D eigenvalue weighted by molar-refractivity contribution is 14.0. The number of aromatic nitrogens is 2. The van der Waals surface area contributed by atoms with E-state index < -0.39 is 0 Å². The Hall–Kier alpha value is -1.09. The number of imidazole rings is 1. The van der Waals surface area contributed by atoms with Gasteiger partial charge in [-0.15, -0.1) is 35.3 Å². The van der Waals surface area contributed by atoms with Crippen LogP contribution in [0.25, 0.3) is 0 Å². The zero-order valence-corrected chi connectivity index (χ0v) is 16.0. The van der Waals surface area contributed by atoms with Crippen molar-refractivity contribution in [3.63, 3.8) is 0 Å². The Labute approximate surface area is 153 Å². The number of aryl methyl sites for hydroxylation is 1. The van der Waals surface area contributed by atoms with Gasteiger partial charge in [-0.2, -0.15) is 0 Å². The van der Waals surface area contributed by atoms with Crippen LogP contribution >= 0.6 is 35.3 Å². The molecule has 0 unspecified atom stereocenters. The summed E-state index contributed by atoms with van der Waals surface area (Å²) in [6, 6.07) is 4.26. The average molecular weight is 433 g/mol. The van der Waals surface area contributed by atoms with Crippen LogP contribution in [-0.4, -0.2) is 35.1 Å². The second-order valence-corrected chi connectivity index (χ2v) is 5.70. The van der Waals surface area contributed by atoms with Crippen LogP contribution < -0.4 is 10.6 Å². The molecule has 2 aromatic heterocycles. The molecule has 0 bridgehead atoms. The molecular weight excluding hydrogens is 409 g/mol. The molecule has 0 radical (unpaired) electrons. The van der Waals surface area contributed by atoms with Crippen molar-refractivity contribution in [2.75, 3.05) is 19.6 Å². The minimum atomic E-state index is 0. The van der Waals surface area contributed by atoms with Crippen LogP contribution in [0.3, 0.4) is 0 Å². The molecule has 5 nitrogen and oxygen atoms in total. The van der Waals surface area contributed by atoms with E-state index in [0.29, 0.717) is 0 Å². The van der Waals surface area contributed by atoms with Crippen molar-refractivity contribution in [3.8, 4) is 0 Å². The summed E-state index contributed by atoms with van der Waals surface area (Å²) in [7, 11) is 0. The molecular formula is C15H24IN5S. The molecule has 0 aliphatic carbocycles. The lowest BCUT2D eigenvalue weighted by molar-refractivity contribution is 0.647. The van der Waals surface area contributed by atoms with E-state index in [1.807, 2.05) is 12.5 Å². The molecule has 0 aliphatic heterocycles. The predicted octanol–water partition coefficient (Wildman–Crippen LogP) is 2.75. The monoisotopic (exact) mass is 433 g/mol. The topological polar surface area (TPSA) is 54.2 Å². The van der Waals surface area contributed by atoms with Crippen molar-refractivity contribution in [3.05, 3.63) is 41.1 Å². The largest absolute Gasteiger partial charge is 0.357 e. The van der Waals surface area contributed by atoms with Crippen molar-refractivity contribution < 1.29 is 0 Å². The van der Waals surface area contributed by atoms with Crippen molar-refractivity contribution >= 4 is 41.3 Å². The Kier molecular flexibility index (Phi) is 9.89. The van der Waals surface area contributed by atoms with Gasteiger partial charge in [-0.3, -0.25) is 4.99 Å². The highest BCUT2D eigenvalue weighted by Gasteiger charge is 1.98. The van der Waals surface area contributed by atoms with Crippen LogP contribution in [0, 0.1) is 0 Å². The van der Waals surface area contributed by atoms with Gasteiger partial charge >= 0.3 is 0 Å². The van der Waals surface area contributed by atoms with E-state index in [9.17, 15) is 0 Å². The summed E-state index contributed by atoms with van der Waals surface area (Å²) in [4.78, 5) is 10.0. The molecule has 22 heavy (non-hydrogen) atoms. The van der Waals surface area contributed by atoms with Crippen molar-refractivity contribution in [2.24, 2.45) is 4.99 Å². The number of aliphatic imine (C=N–C) groups is 1. The van der Waals surface area contributed by atoms with E-state index in [2.05, 4.69) is 49.6 Å². The van der Waals surface area contributed by atoms with Gasteiger partial charge in [-0.1, -0.05) is 6.07 Å². The highest BCUT2D eigenvalue weighted by Crippen LogP contribution is 2.07. The Morgan fingerprint density at radius 3 is 3.00 bits per heavy atom. The predicted molar refractivity (Wildman–Crippen MR) is 104 cm³/mol. The first-order valence-electron chi connectivity index (χ1n) is 7.39. The highest BCUT2D eigenvalue weighted by atomic mass is 127. The van der Waals surface area contributed by atoms with Crippen molar-refractivity contribution in [2.45, 2.75) is 26.3 Å². The number of hydrogen-bond donors (Lipinski definition) is 2. The van der Waals surface area contributed by atoms with Crippen LogP contribution in [0.5, 0.6) is 0 Å². The fraction of sp³-hybridized carbons (Fsp3) is 0.467. The number of guanidine groups is 1. The number of nitrogens with one attached hydrogen (secondary N) is 2. The third-order valence-electron chi connectivity index (χ3n) is 2.99. The van der Waals surface area contributed by atoms with E-state index in [4.69, 9.17) is 0 Å². The summed E-state index contributed by atoms with van der Waals surface area (Å²) in [5.41, 5.74) is 0. The zero-order chi connectivity index (χ0) is 14.8. The molecule has 0 aromatic carbocycles. The lowest BCUT2D eigenvalue weighted by Gasteiger charge is -2.10. The molecule has 2 N–H and O–H groups in total. The summed E-state index contributed by atoms with van der Waals surface area (Å²) in [5.74, 6) is 0.902.